The van der Waals surface area contributed by atoms with E-state index in [9.17, 15) is 33.6 Å². The molecule has 2 aromatic carbocycles. The van der Waals surface area contributed by atoms with Crippen LogP contribution < -0.4 is 18.9 Å². The first-order valence-corrected chi connectivity index (χ1v) is 22.2. The van der Waals surface area contributed by atoms with Crippen molar-refractivity contribution in [2.75, 3.05) is 0 Å². The highest BCUT2D eigenvalue weighted by Gasteiger charge is 2.79. The number of benzene rings is 2. The van der Waals surface area contributed by atoms with Crippen LogP contribution in [0, 0.1) is 32.5 Å². The molecule has 4 heterocycles. The molecule has 6 fully saturated rings. The summed E-state index contributed by atoms with van der Waals surface area (Å²) in [6.45, 7) is 20.0. The highest BCUT2D eigenvalue weighted by molar-refractivity contribution is 6.05. The fourth-order valence-electron chi connectivity index (χ4n) is 11.8. The number of ether oxygens (including phenoxy) is 7. The van der Waals surface area contributed by atoms with Gasteiger partial charge in [-0.2, -0.15) is 0 Å². The number of rotatable bonds is 9. The molecule has 6 bridgehead atoms. The van der Waals surface area contributed by atoms with Crippen molar-refractivity contribution >= 4 is 41.6 Å². The Kier molecular flexibility index (Phi) is 9.07. The molecular weight excluding hydrogens is 825 g/mol. The third kappa shape index (κ3) is 5.16. The number of hydrogen-bond donors (Lipinski definition) is 0. The minimum absolute atomic E-state index is 0.0175. The lowest BCUT2D eigenvalue weighted by Crippen LogP contribution is -2.50. The number of carbonyl (C=O) groups excluding carboxylic acids is 7. The van der Waals surface area contributed by atoms with Crippen LogP contribution in [0.5, 0.6) is 23.0 Å². The first-order valence-electron chi connectivity index (χ1n) is 22.2. The summed E-state index contributed by atoms with van der Waals surface area (Å²) in [7, 11) is 0. The molecule has 9 rings (SSSR count). The Morgan fingerprint density at radius 3 is 1.42 bits per heavy atom. The second-order valence-electron chi connectivity index (χ2n) is 21.5. The van der Waals surface area contributed by atoms with Crippen molar-refractivity contribution in [2.24, 2.45) is 32.5 Å². The Balaban J connectivity index is 1.09. The smallest absolute Gasteiger partial charge is 0.356 e. The van der Waals surface area contributed by atoms with E-state index < -0.39 is 97.0 Å². The van der Waals surface area contributed by atoms with Gasteiger partial charge in [-0.15, -0.1) is 0 Å². The van der Waals surface area contributed by atoms with Crippen LogP contribution in [-0.4, -0.2) is 58.4 Å². The van der Waals surface area contributed by atoms with Crippen molar-refractivity contribution < 1.29 is 66.7 Å². The molecule has 3 saturated carbocycles. The summed E-state index contributed by atoms with van der Waals surface area (Å²) in [5.41, 5.74) is -8.40. The minimum Gasteiger partial charge on any atom is -0.484 e. The van der Waals surface area contributed by atoms with E-state index in [1.807, 2.05) is 54.5 Å². The van der Waals surface area contributed by atoms with Crippen molar-refractivity contribution in [3.63, 3.8) is 0 Å². The molecule has 7 atom stereocenters. The van der Waals surface area contributed by atoms with Gasteiger partial charge in [-0.05, 0) is 97.3 Å². The molecule has 0 amide bonds. The normalized spacial score (nSPS) is 35.2. The van der Waals surface area contributed by atoms with E-state index in [1.54, 1.807) is 52.0 Å². The van der Waals surface area contributed by atoms with Crippen LogP contribution in [0.2, 0.25) is 0 Å². The predicted molar refractivity (Wildman–Crippen MR) is 225 cm³/mol. The zero-order valence-corrected chi connectivity index (χ0v) is 38.4. The van der Waals surface area contributed by atoms with E-state index in [1.165, 1.54) is 6.07 Å². The maximum absolute atomic E-state index is 14.6. The van der Waals surface area contributed by atoms with Crippen molar-refractivity contribution in [2.45, 2.75) is 150 Å². The zero-order valence-electron chi connectivity index (χ0n) is 38.4. The molecule has 7 aliphatic rings. The van der Waals surface area contributed by atoms with Gasteiger partial charge in [0.2, 0.25) is 16.8 Å². The van der Waals surface area contributed by atoms with E-state index in [2.05, 4.69) is 0 Å². The van der Waals surface area contributed by atoms with Gasteiger partial charge < -0.3 is 33.2 Å². The predicted octanol–water partition coefficient (Wildman–Crippen LogP) is 7.98. The summed E-state index contributed by atoms with van der Waals surface area (Å²) in [6, 6.07) is 7.78. The third-order valence-corrected chi connectivity index (χ3v) is 18.0. The Bertz CT molecular complexity index is 2540. The Labute approximate surface area is 372 Å². The standard InChI is InChI=1S/C50H56O14/c1-26(2)12-17-29-32(60-40(56)49-22-19-46(10,37(53)63-49)43(49,5)6)25-33(61-41(57)50-23-20-47(11,38(54)64-50)44(50,7)8)34-30(51)24-31(59-35(29)34)27-13-15-28(16-14-27)58-39(55)48-21-18-45(9,36(52)62-48)42(48,3)4/h12-16,25,31H,17-24H2,1-11H3/t31-,45+,46+,47+,48-,49-,50-/m1/s1. The summed E-state index contributed by atoms with van der Waals surface area (Å²) in [6.07, 6.45) is 2.96. The molecule has 3 saturated heterocycles. The first-order chi connectivity index (χ1) is 29.7. The van der Waals surface area contributed by atoms with Gasteiger partial charge in [0.1, 0.15) is 34.7 Å². The maximum Gasteiger partial charge on any atom is 0.356 e. The highest BCUT2D eigenvalue weighted by Crippen LogP contribution is 2.68. The van der Waals surface area contributed by atoms with Gasteiger partial charge in [0.25, 0.3) is 0 Å². The molecule has 2 aromatic rings. The highest BCUT2D eigenvalue weighted by atomic mass is 16.6. The van der Waals surface area contributed by atoms with Gasteiger partial charge in [-0.3, -0.25) is 19.2 Å². The summed E-state index contributed by atoms with van der Waals surface area (Å²) in [5.74, 6) is -4.34. The molecule has 0 spiro atoms. The van der Waals surface area contributed by atoms with Crippen molar-refractivity contribution in [1.82, 2.24) is 0 Å². The number of ketones is 1. The lowest BCUT2D eigenvalue weighted by atomic mass is 9.66. The average molecular weight is 881 g/mol. The first kappa shape index (κ1) is 43.7. The molecule has 4 aliphatic heterocycles. The Hall–Kier alpha value is -5.53. The van der Waals surface area contributed by atoms with Crippen LogP contribution in [0.4, 0.5) is 0 Å². The van der Waals surface area contributed by atoms with Gasteiger partial charge in [0.05, 0.1) is 22.7 Å². The van der Waals surface area contributed by atoms with Gasteiger partial charge in [-0.1, -0.05) is 65.3 Å². The van der Waals surface area contributed by atoms with Gasteiger partial charge >= 0.3 is 35.8 Å². The van der Waals surface area contributed by atoms with Gasteiger partial charge in [0, 0.05) is 27.9 Å². The molecule has 0 unspecified atom stereocenters. The van der Waals surface area contributed by atoms with Crippen LogP contribution >= 0.6 is 0 Å². The fraction of sp³-hybridized carbons (Fsp3) is 0.580. The topological polar surface area (TPSA) is 184 Å². The maximum atomic E-state index is 14.6. The van der Waals surface area contributed by atoms with Gasteiger partial charge in [0.15, 0.2) is 5.78 Å². The van der Waals surface area contributed by atoms with Crippen LogP contribution in [0.3, 0.4) is 0 Å². The van der Waals surface area contributed by atoms with E-state index in [4.69, 9.17) is 33.2 Å². The fourth-order valence-corrected chi connectivity index (χ4v) is 11.8. The molecule has 0 aromatic heterocycles. The molecular formula is C50H56O14. The summed E-state index contributed by atoms with van der Waals surface area (Å²) < 4.78 is 42.5. The van der Waals surface area contributed by atoms with Crippen molar-refractivity contribution in [3.05, 3.63) is 58.7 Å². The molecule has 340 valence electrons. The summed E-state index contributed by atoms with van der Waals surface area (Å²) in [5, 5.41) is 0. The Morgan fingerprint density at radius 1 is 0.609 bits per heavy atom. The van der Waals surface area contributed by atoms with Crippen molar-refractivity contribution in [1.29, 1.82) is 0 Å². The van der Waals surface area contributed by atoms with Crippen LogP contribution in [0.25, 0.3) is 0 Å². The minimum atomic E-state index is -1.66. The number of Topliss-reactive ketones (excluding diaryl/α,β-unsaturated/α-hetero) is 1. The molecule has 64 heavy (non-hydrogen) atoms. The van der Waals surface area contributed by atoms with Crippen LogP contribution in [0.15, 0.2) is 42.0 Å². The van der Waals surface area contributed by atoms with E-state index in [0.717, 1.165) is 5.57 Å². The quantitative estimate of drug-likeness (QED) is 0.102. The molecule has 0 radical (unpaired) electrons. The largest absolute Gasteiger partial charge is 0.484 e. The Morgan fingerprint density at radius 2 is 1.03 bits per heavy atom. The zero-order chi connectivity index (χ0) is 46.6. The molecule has 14 nitrogen and oxygen atoms in total. The summed E-state index contributed by atoms with van der Waals surface area (Å²) in [4.78, 5) is 96.6. The second-order valence-corrected chi connectivity index (χ2v) is 21.5. The number of allylic oxidation sites excluding steroid dienone is 2. The van der Waals surface area contributed by atoms with Crippen molar-refractivity contribution in [3.8, 4) is 23.0 Å². The summed E-state index contributed by atoms with van der Waals surface area (Å²) >= 11 is 0. The molecule has 14 heteroatoms. The SMILES string of the molecule is CC(C)=CCc1c(OC(=O)[C@@]23CC[C@@](C)(C(=O)O2)C3(C)C)cc(OC(=O)[C@@]23CC[C@@](C)(C(=O)O2)C3(C)C)c2c1O[C@@H](c1ccc(OC(=O)[C@@]34CC[C@@](C)(C(=O)O3)C4(C)C)cc1)CC2=O. The van der Waals surface area contributed by atoms with E-state index >= 15 is 0 Å². The van der Waals surface area contributed by atoms with E-state index in [0.29, 0.717) is 36.8 Å². The second kappa shape index (κ2) is 13.3. The average Bonchev–Trinajstić information content (AvgIpc) is 3.81. The lowest BCUT2D eigenvalue weighted by Gasteiger charge is -2.36. The van der Waals surface area contributed by atoms with Crippen LogP contribution in [-0.2, 0) is 49.4 Å². The van der Waals surface area contributed by atoms with E-state index in [-0.39, 0.29) is 54.2 Å². The van der Waals surface area contributed by atoms with Crippen LogP contribution in [0.1, 0.15) is 149 Å². The lowest BCUT2D eigenvalue weighted by molar-refractivity contribution is -0.176. The number of carbonyl (C=O) groups is 7. The number of esters is 6. The number of fused-ring (bicyclic) bond motifs is 7. The monoisotopic (exact) mass is 880 g/mol. The molecule has 3 aliphatic carbocycles. The number of hydrogen-bond acceptors (Lipinski definition) is 14. The molecule has 0 N–H and O–H groups in total. The third-order valence-electron chi connectivity index (χ3n) is 18.0. The van der Waals surface area contributed by atoms with Gasteiger partial charge in [-0.25, -0.2) is 14.4 Å².